The Morgan fingerprint density at radius 3 is 2.50 bits per heavy atom. The van der Waals surface area contributed by atoms with Crippen LogP contribution in [0.15, 0.2) is 60.7 Å². The van der Waals surface area contributed by atoms with Gasteiger partial charge in [-0.15, -0.1) is 0 Å². The van der Waals surface area contributed by atoms with Gasteiger partial charge in [0, 0.05) is 30.6 Å². The quantitative estimate of drug-likeness (QED) is 0.560. The lowest BCUT2D eigenvalue weighted by Crippen LogP contribution is -2.19. The number of anilines is 1. The van der Waals surface area contributed by atoms with Crippen molar-refractivity contribution in [1.82, 2.24) is 9.78 Å². The van der Waals surface area contributed by atoms with Gasteiger partial charge in [-0.2, -0.15) is 5.10 Å². The van der Waals surface area contributed by atoms with E-state index in [0.717, 1.165) is 11.4 Å². The van der Waals surface area contributed by atoms with Crippen molar-refractivity contribution in [3.8, 4) is 17.2 Å². The molecule has 7 nitrogen and oxygen atoms in total. The Balaban J connectivity index is 1.87. The Morgan fingerprint density at radius 1 is 1.07 bits per heavy atom. The van der Waals surface area contributed by atoms with E-state index in [1.807, 2.05) is 36.4 Å². The highest BCUT2D eigenvalue weighted by Gasteiger charge is 2.22. The molecule has 0 unspecified atom stereocenters. The van der Waals surface area contributed by atoms with E-state index in [0.29, 0.717) is 30.3 Å². The molecule has 1 heterocycles. The topological polar surface area (TPSA) is 85.6 Å². The van der Waals surface area contributed by atoms with Crippen molar-refractivity contribution in [2.75, 3.05) is 18.5 Å². The lowest BCUT2D eigenvalue weighted by Gasteiger charge is -2.14. The maximum absolute atomic E-state index is 12.4. The molecule has 0 radical (unpaired) electrons. The monoisotopic (exact) mass is 409 g/mol. The summed E-state index contributed by atoms with van der Waals surface area (Å²) in [6.07, 6.45) is -0.0451. The summed E-state index contributed by atoms with van der Waals surface area (Å²) in [5, 5.41) is 16.4. The van der Waals surface area contributed by atoms with Gasteiger partial charge in [0.15, 0.2) is 0 Å². The van der Waals surface area contributed by atoms with Crippen LogP contribution in [0, 0.1) is 0 Å². The van der Waals surface area contributed by atoms with Gasteiger partial charge in [-0.1, -0.05) is 45.0 Å². The second-order valence-corrected chi connectivity index (χ2v) is 7.83. The number of carbonyl (C=O) groups is 1. The van der Waals surface area contributed by atoms with Gasteiger partial charge >= 0.3 is 6.09 Å². The average Bonchev–Trinajstić information content (AvgIpc) is 3.13. The van der Waals surface area contributed by atoms with Crippen LogP contribution in [0.5, 0.6) is 11.5 Å². The van der Waals surface area contributed by atoms with Crippen LogP contribution in [0.25, 0.3) is 5.69 Å². The number of aliphatic hydroxyl groups excluding tert-OH is 1. The molecule has 0 fully saturated rings. The number of amides is 1. The van der Waals surface area contributed by atoms with Crippen LogP contribution >= 0.6 is 0 Å². The highest BCUT2D eigenvalue weighted by molar-refractivity contribution is 5.85. The van der Waals surface area contributed by atoms with Crippen LogP contribution in [-0.2, 0) is 5.41 Å². The molecular weight excluding hydrogens is 382 g/mol. The van der Waals surface area contributed by atoms with Gasteiger partial charge in [0.25, 0.3) is 0 Å². The van der Waals surface area contributed by atoms with Crippen molar-refractivity contribution in [3.63, 3.8) is 0 Å². The molecular formula is C23H27N3O4. The van der Waals surface area contributed by atoms with Gasteiger partial charge < -0.3 is 14.6 Å². The van der Waals surface area contributed by atoms with Crippen LogP contribution in [0.4, 0.5) is 10.6 Å². The summed E-state index contributed by atoms with van der Waals surface area (Å²) in [4.78, 5) is 12.4. The summed E-state index contributed by atoms with van der Waals surface area (Å²) in [6, 6.07) is 18.1. The second kappa shape index (κ2) is 9.45. The summed E-state index contributed by atoms with van der Waals surface area (Å²) in [7, 11) is 0. The van der Waals surface area contributed by atoms with E-state index < -0.39 is 6.09 Å². The summed E-state index contributed by atoms with van der Waals surface area (Å²) in [5.74, 6) is 1.61. The van der Waals surface area contributed by atoms with E-state index in [-0.39, 0.29) is 12.0 Å². The van der Waals surface area contributed by atoms with Crippen molar-refractivity contribution in [2.45, 2.75) is 32.6 Å². The lowest BCUT2D eigenvalue weighted by molar-refractivity contribution is 0.215. The first-order valence-electron chi connectivity index (χ1n) is 9.85. The highest BCUT2D eigenvalue weighted by Crippen LogP contribution is 2.28. The molecule has 0 saturated carbocycles. The maximum atomic E-state index is 12.4. The number of rotatable bonds is 7. The molecule has 1 aromatic heterocycles. The van der Waals surface area contributed by atoms with E-state index in [1.165, 1.54) is 0 Å². The summed E-state index contributed by atoms with van der Waals surface area (Å²) >= 11 is 0. The fourth-order valence-electron chi connectivity index (χ4n) is 2.72. The smallest absolute Gasteiger partial charge is 0.418 e. The van der Waals surface area contributed by atoms with Gasteiger partial charge in [0.05, 0.1) is 18.0 Å². The molecule has 0 saturated heterocycles. The first-order valence-corrected chi connectivity index (χ1v) is 9.85. The number of aliphatic hydroxyl groups is 1. The molecule has 0 aliphatic rings. The number of nitrogens with zero attached hydrogens (tertiary/aromatic N) is 2. The third-order valence-corrected chi connectivity index (χ3v) is 4.30. The minimum atomic E-state index is -0.599. The van der Waals surface area contributed by atoms with Crippen LogP contribution in [0.2, 0.25) is 0 Å². The van der Waals surface area contributed by atoms with Gasteiger partial charge in [-0.25, -0.2) is 9.48 Å². The number of para-hydroxylation sites is 1. The molecule has 0 bridgehead atoms. The van der Waals surface area contributed by atoms with Crippen LogP contribution < -0.4 is 14.8 Å². The second-order valence-electron chi connectivity index (χ2n) is 7.83. The zero-order chi connectivity index (χ0) is 21.6. The third kappa shape index (κ3) is 5.61. The highest BCUT2D eigenvalue weighted by atomic mass is 16.6. The van der Waals surface area contributed by atoms with Gasteiger partial charge in [-0.05, 0) is 24.3 Å². The van der Waals surface area contributed by atoms with E-state index in [1.54, 1.807) is 28.9 Å². The van der Waals surface area contributed by atoms with Crippen LogP contribution in [0.1, 0.15) is 32.9 Å². The van der Waals surface area contributed by atoms with Gasteiger partial charge in [0.1, 0.15) is 17.3 Å². The molecule has 0 spiro atoms. The SMILES string of the molecule is CC(C)(C)c1cc(NC(=O)Oc2ccccc2)n(-c2cccc(OCCCO)c2)n1. The zero-order valence-corrected chi connectivity index (χ0v) is 17.5. The first kappa shape index (κ1) is 21.4. The van der Waals surface area contributed by atoms with Gasteiger partial charge in [0.2, 0.25) is 0 Å². The largest absolute Gasteiger partial charge is 0.493 e. The molecule has 30 heavy (non-hydrogen) atoms. The number of hydrogen-bond donors (Lipinski definition) is 2. The molecule has 2 aromatic carbocycles. The minimum absolute atomic E-state index is 0.0748. The Labute approximate surface area is 176 Å². The van der Waals surface area contributed by atoms with E-state index in [2.05, 4.69) is 26.1 Å². The number of hydrogen-bond acceptors (Lipinski definition) is 5. The van der Waals surface area contributed by atoms with Crippen molar-refractivity contribution < 1.29 is 19.4 Å². The molecule has 2 N–H and O–H groups in total. The van der Waals surface area contributed by atoms with Crippen molar-refractivity contribution in [3.05, 3.63) is 66.4 Å². The minimum Gasteiger partial charge on any atom is -0.493 e. The summed E-state index contributed by atoms with van der Waals surface area (Å²) in [5.41, 5.74) is 1.35. The molecule has 0 atom stereocenters. The van der Waals surface area contributed by atoms with Crippen molar-refractivity contribution in [2.24, 2.45) is 0 Å². The molecule has 0 aliphatic heterocycles. The Bertz CT molecular complexity index is 978. The first-order chi connectivity index (χ1) is 14.4. The molecule has 158 valence electrons. The zero-order valence-electron chi connectivity index (χ0n) is 17.5. The van der Waals surface area contributed by atoms with E-state index in [4.69, 9.17) is 19.7 Å². The third-order valence-electron chi connectivity index (χ3n) is 4.30. The fourth-order valence-corrected chi connectivity index (χ4v) is 2.72. The lowest BCUT2D eigenvalue weighted by atomic mass is 9.92. The number of nitrogens with one attached hydrogen (secondary N) is 1. The standard InChI is InChI=1S/C23H27N3O4/c1-23(2,3)20-16-21(24-22(28)30-18-10-5-4-6-11-18)26(25-20)17-9-7-12-19(15-17)29-14-8-13-27/h4-7,9-12,15-16,27H,8,13-14H2,1-3H3,(H,24,28). The maximum Gasteiger partial charge on any atom is 0.418 e. The van der Waals surface area contributed by atoms with Crippen molar-refractivity contribution in [1.29, 1.82) is 0 Å². The fraction of sp³-hybridized carbons (Fsp3) is 0.304. The van der Waals surface area contributed by atoms with Crippen LogP contribution in [0.3, 0.4) is 0 Å². The Kier molecular flexibility index (Phi) is 6.74. The predicted molar refractivity (Wildman–Crippen MR) is 116 cm³/mol. The van der Waals surface area contributed by atoms with E-state index >= 15 is 0 Å². The van der Waals surface area contributed by atoms with E-state index in [9.17, 15) is 4.79 Å². The molecule has 3 rings (SSSR count). The molecule has 1 amide bonds. The number of benzene rings is 2. The average molecular weight is 409 g/mol. The molecule has 7 heteroatoms. The summed E-state index contributed by atoms with van der Waals surface area (Å²) < 4.78 is 12.7. The molecule has 0 aliphatic carbocycles. The predicted octanol–water partition coefficient (Wildman–Crippen LogP) is 4.54. The van der Waals surface area contributed by atoms with Crippen molar-refractivity contribution >= 4 is 11.9 Å². The summed E-state index contributed by atoms with van der Waals surface area (Å²) in [6.45, 7) is 6.66. The Morgan fingerprint density at radius 2 is 1.80 bits per heavy atom. The number of ether oxygens (including phenoxy) is 2. The number of carbonyl (C=O) groups excluding carboxylic acids is 1. The van der Waals surface area contributed by atoms with Gasteiger partial charge in [-0.3, -0.25) is 5.32 Å². The molecule has 3 aromatic rings. The number of aromatic nitrogens is 2. The van der Waals surface area contributed by atoms with Crippen LogP contribution in [-0.4, -0.2) is 34.2 Å². The normalized spacial score (nSPS) is 11.2. The Hall–Kier alpha value is -3.32.